The van der Waals surface area contributed by atoms with Crippen molar-refractivity contribution in [2.24, 2.45) is 0 Å². The number of hydrogen-bond acceptors (Lipinski definition) is 7. The van der Waals surface area contributed by atoms with Gasteiger partial charge in [-0.15, -0.1) is 21.9 Å². The molecular weight excluding hydrogens is 224 g/mol. The summed E-state index contributed by atoms with van der Waals surface area (Å²) in [6.07, 6.45) is 0. The molecule has 14 heavy (non-hydrogen) atoms. The summed E-state index contributed by atoms with van der Waals surface area (Å²) in [5, 5.41) is 18.6. The maximum absolute atomic E-state index is 10.8. The van der Waals surface area contributed by atoms with Crippen molar-refractivity contribution in [3.63, 3.8) is 0 Å². The number of thiazole rings is 1. The molecular formula is C7H11N2O3S2-. The molecule has 1 aromatic heterocycles. The highest BCUT2D eigenvalue weighted by molar-refractivity contribution is 7.76. The van der Waals surface area contributed by atoms with Gasteiger partial charge in [0.2, 0.25) is 0 Å². The van der Waals surface area contributed by atoms with Gasteiger partial charge in [0.15, 0.2) is 0 Å². The van der Waals surface area contributed by atoms with Crippen LogP contribution in [0.5, 0.6) is 0 Å². The molecule has 0 saturated carbocycles. The van der Waals surface area contributed by atoms with Crippen molar-refractivity contribution in [1.29, 1.82) is 4.78 Å². The predicted molar refractivity (Wildman–Crippen MR) is 52.3 cm³/mol. The zero-order valence-corrected chi connectivity index (χ0v) is 9.41. The van der Waals surface area contributed by atoms with E-state index in [1.165, 1.54) is 0 Å². The minimum atomic E-state index is -1.92. The molecule has 80 valence electrons. The van der Waals surface area contributed by atoms with E-state index in [1.807, 2.05) is 0 Å². The lowest BCUT2D eigenvalue weighted by atomic mass is 10.1. The van der Waals surface area contributed by atoms with Crippen LogP contribution in [0.3, 0.4) is 0 Å². The van der Waals surface area contributed by atoms with Gasteiger partial charge >= 0.3 is 0 Å². The van der Waals surface area contributed by atoms with Gasteiger partial charge in [-0.25, -0.2) is 0 Å². The largest absolute Gasteiger partial charge is 0.438 e. The van der Waals surface area contributed by atoms with Crippen LogP contribution in [0, 0.1) is 4.78 Å². The monoisotopic (exact) mass is 235 g/mol. The van der Waals surface area contributed by atoms with Gasteiger partial charge in [0.1, 0.15) is 0 Å². The Morgan fingerprint density at radius 2 is 2.21 bits per heavy atom. The van der Waals surface area contributed by atoms with E-state index in [0.717, 1.165) is 11.3 Å². The van der Waals surface area contributed by atoms with Crippen LogP contribution in [0.15, 0.2) is 4.34 Å². The van der Waals surface area contributed by atoms with E-state index < -0.39 is 16.2 Å². The quantitative estimate of drug-likeness (QED) is 0.680. The Balaban J connectivity index is 3.29. The third-order valence-corrected chi connectivity index (χ3v) is 3.86. The molecule has 0 aromatic carbocycles. The van der Waals surface area contributed by atoms with Crippen LogP contribution < -0.4 is 0 Å². The highest BCUT2D eigenvalue weighted by atomic mass is 32.2. The van der Waals surface area contributed by atoms with Crippen LogP contribution in [0.1, 0.15) is 24.4 Å². The van der Waals surface area contributed by atoms with Gasteiger partial charge < -0.3 is 19.2 Å². The number of hydrogen-bond donors (Lipinski definition) is 3. The van der Waals surface area contributed by atoms with E-state index in [9.17, 15) is 9.32 Å². The zero-order valence-electron chi connectivity index (χ0n) is 7.77. The molecule has 1 heterocycles. The topological polar surface area (TPSA) is 94.3 Å². The fraction of sp³-hybridized carbons (Fsp3) is 0.571. The Morgan fingerprint density at radius 3 is 2.50 bits per heavy atom. The van der Waals surface area contributed by atoms with Crippen LogP contribution in [0.25, 0.3) is 0 Å². The van der Waals surface area contributed by atoms with Crippen LogP contribution in [0.4, 0.5) is 0 Å². The summed E-state index contributed by atoms with van der Waals surface area (Å²) in [7, 11) is -1.92. The first-order valence-corrected chi connectivity index (χ1v) is 5.79. The first-order chi connectivity index (χ1) is 6.36. The molecule has 0 saturated heterocycles. The van der Waals surface area contributed by atoms with E-state index in [-0.39, 0.29) is 16.6 Å². The molecule has 1 rings (SSSR count). The predicted octanol–water partition coefficient (Wildman–Crippen LogP) is 0.948. The second kappa shape index (κ2) is 3.93. The third kappa shape index (κ3) is 2.30. The molecule has 0 atom stereocenters. The van der Waals surface area contributed by atoms with Gasteiger partial charge in [-0.05, 0) is 13.8 Å². The van der Waals surface area contributed by atoms with Crippen LogP contribution in [0.2, 0.25) is 0 Å². The highest BCUT2D eigenvalue weighted by Gasteiger charge is 2.23. The molecule has 7 heteroatoms. The number of aromatic nitrogens is 1. The Morgan fingerprint density at radius 1 is 1.64 bits per heavy atom. The van der Waals surface area contributed by atoms with Gasteiger partial charge in [-0.1, -0.05) is 0 Å². The summed E-state index contributed by atoms with van der Waals surface area (Å²) in [5.74, 6) is 0. The summed E-state index contributed by atoms with van der Waals surface area (Å²) in [6.45, 7) is 2.78. The summed E-state index contributed by atoms with van der Waals surface area (Å²) >= 11 is 0.990. The second-order valence-corrected chi connectivity index (χ2v) is 5.42. The lowest BCUT2D eigenvalue weighted by molar-refractivity contribution is 0.0796. The molecule has 0 aliphatic rings. The van der Waals surface area contributed by atoms with Crippen molar-refractivity contribution in [3.8, 4) is 0 Å². The maximum Gasteiger partial charge on any atom is 0.0951 e. The molecule has 0 unspecified atom stereocenters. The first kappa shape index (κ1) is 11.6. The van der Waals surface area contributed by atoms with E-state index in [4.69, 9.17) is 9.89 Å². The lowest BCUT2D eigenvalue weighted by Crippen LogP contribution is -2.15. The Hall–Kier alpha value is -0.500. The molecule has 0 aliphatic heterocycles. The van der Waals surface area contributed by atoms with Crippen molar-refractivity contribution in [1.82, 2.24) is 4.98 Å². The molecule has 1 aromatic rings. The molecule has 5 nitrogen and oxygen atoms in total. The summed E-state index contributed by atoms with van der Waals surface area (Å²) < 4.78 is 17.9. The van der Waals surface area contributed by atoms with E-state index in [2.05, 4.69) is 4.98 Å². The molecule has 0 bridgehead atoms. The standard InChI is InChI=1S/C7H11N2O3S2/c1-7(2,11)5-4(3-10)9-6(13-5)14(8)12/h8,10-11H,3H2,1-2H3/q-1. The first-order valence-electron chi connectivity index (χ1n) is 3.82. The SMILES string of the molecule is CC(C)(O)c1sc([S-](=N)=O)nc1CO. The molecule has 3 N–H and O–H groups in total. The van der Waals surface area contributed by atoms with Gasteiger partial charge in [0.05, 0.1) is 22.8 Å². The van der Waals surface area contributed by atoms with Crippen LogP contribution >= 0.6 is 11.3 Å². The molecule has 0 radical (unpaired) electrons. The average Bonchev–Trinajstić information content (AvgIpc) is 2.46. The normalized spacial score (nSPS) is 12.4. The second-order valence-electron chi connectivity index (χ2n) is 3.24. The van der Waals surface area contributed by atoms with Crippen molar-refractivity contribution in [3.05, 3.63) is 10.6 Å². The minimum Gasteiger partial charge on any atom is -0.438 e. The Kier molecular flexibility index (Phi) is 3.25. The van der Waals surface area contributed by atoms with Gasteiger partial charge in [0, 0.05) is 4.34 Å². The Labute approximate surface area is 87.4 Å². The molecule has 0 fully saturated rings. The van der Waals surface area contributed by atoms with E-state index in [1.54, 1.807) is 13.8 Å². The number of aliphatic hydroxyl groups excluding tert-OH is 1. The maximum atomic E-state index is 10.8. The highest BCUT2D eigenvalue weighted by Crippen LogP contribution is 2.30. The van der Waals surface area contributed by atoms with Gasteiger partial charge in [-0.3, -0.25) is 4.98 Å². The fourth-order valence-electron chi connectivity index (χ4n) is 0.994. The van der Waals surface area contributed by atoms with E-state index in [0.29, 0.717) is 4.88 Å². The minimum absolute atomic E-state index is 0.103. The molecule has 0 aliphatic carbocycles. The summed E-state index contributed by atoms with van der Waals surface area (Å²) in [5.41, 5.74) is -0.842. The average molecular weight is 235 g/mol. The van der Waals surface area contributed by atoms with Crippen molar-refractivity contribution >= 4 is 21.9 Å². The van der Waals surface area contributed by atoms with Gasteiger partial charge in [0.25, 0.3) is 0 Å². The zero-order chi connectivity index (χ0) is 10.9. The van der Waals surface area contributed by atoms with Crippen molar-refractivity contribution in [2.45, 2.75) is 30.4 Å². The van der Waals surface area contributed by atoms with Crippen molar-refractivity contribution < 1.29 is 14.4 Å². The smallest absolute Gasteiger partial charge is 0.0951 e. The fourth-order valence-corrected chi connectivity index (χ4v) is 2.55. The number of nitrogens with one attached hydrogen (secondary N) is 1. The number of aliphatic hydroxyl groups is 2. The lowest BCUT2D eigenvalue weighted by Gasteiger charge is -2.15. The summed E-state index contributed by atoms with van der Waals surface area (Å²) in [4.78, 5) is 4.27. The number of rotatable bonds is 3. The van der Waals surface area contributed by atoms with Crippen LogP contribution in [-0.4, -0.2) is 15.2 Å². The third-order valence-electron chi connectivity index (χ3n) is 1.54. The molecule has 0 amide bonds. The van der Waals surface area contributed by atoms with Crippen LogP contribution in [-0.2, 0) is 27.0 Å². The number of nitrogens with zero attached hydrogens (tertiary/aromatic N) is 1. The van der Waals surface area contributed by atoms with E-state index >= 15 is 0 Å². The Bertz CT molecular complexity index is 396. The van der Waals surface area contributed by atoms with Crippen molar-refractivity contribution in [2.75, 3.05) is 0 Å². The molecule has 0 spiro atoms. The summed E-state index contributed by atoms with van der Waals surface area (Å²) in [6, 6.07) is 0. The van der Waals surface area contributed by atoms with Gasteiger partial charge in [-0.2, -0.15) is 0 Å².